The van der Waals surface area contributed by atoms with Gasteiger partial charge in [0.05, 0.1) is 4.90 Å². The second kappa shape index (κ2) is 9.41. The lowest BCUT2D eigenvalue weighted by molar-refractivity contribution is -0.116. The summed E-state index contributed by atoms with van der Waals surface area (Å²) in [4.78, 5) is 26.5. The van der Waals surface area contributed by atoms with Gasteiger partial charge in [0.2, 0.25) is 15.9 Å². The van der Waals surface area contributed by atoms with Crippen molar-refractivity contribution in [3.63, 3.8) is 0 Å². The Bertz CT molecular complexity index is 992. The number of furan rings is 1. The van der Waals surface area contributed by atoms with Crippen molar-refractivity contribution in [2.75, 3.05) is 25.0 Å². The molecule has 1 aliphatic heterocycles. The summed E-state index contributed by atoms with van der Waals surface area (Å²) in [5.41, 5.74) is 0.516. The second-order valence-electron chi connectivity index (χ2n) is 7.37. The van der Waals surface area contributed by atoms with Crippen molar-refractivity contribution in [1.29, 1.82) is 0 Å². The molecule has 0 radical (unpaired) electrons. The van der Waals surface area contributed by atoms with Crippen molar-refractivity contribution in [3.8, 4) is 0 Å². The van der Waals surface area contributed by atoms with Crippen LogP contribution in [0.3, 0.4) is 0 Å². The predicted molar refractivity (Wildman–Crippen MR) is 111 cm³/mol. The number of amides is 2. The number of aryl methyl sites for hydroxylation is 1. The Morgan fingerprint density at radius 3 is 2.37 bits per heavy atom. The van der Waals surface area contributed by atoms with E-state index in [2.05, 4.69) is 15.5 Å². The van der Waals surface area contributed by atoms with E-state index in [0.717, 1.165) is 25.9 Å². The molecule has 30 heavy (non-hydrogen) atoms. The van der Waals surface area contributed by atoms with E-state index < -0.39 is 10.0 Å². The SMILES string of the molecule is Cc1ccc(C(=O)NC2CCN(CCC(=O)Nc3ccc(S(N)(=O)=O)cc3)CC2)o1. The number of carbonyl (C=O) groups is 2. The number of nitrogens with two attached hydrogens (primary N) is 1. The third-order valence-electron chi connectivity index (χ3n) is 5.01. The number of piperidine rings is 1. The van der Waals surface area contributed by atoms with Gasteiger partial charge in [0.1, 0.15) is 5.76 Å². The third kappa shape index (κ3) is 6.15. The molecule has 4 N–H and O–H groups in total. The summed E-state index contributed by atoms with van der Waals surface area (Å²) in [7, 11) is -3.75. The fraction of sp³-hybridized carbons (Fsp3) is 0.400. The molecule has 0 atom stereocenters. The van der Waals surface area contributed by atoms with Crippen LogP contribution in [0.5, 0.6) is 0 Å². The zero-order valence-corrected chi connectivity index (χ0v) is 17.6. The Hall–Kier alpha value is -2.69. The van der Waals surface area contributed by atoms with E-state index >= 15 is 0 Å². The molecule has 0 spiro atoms. The average Bonchev–Trinajstić information content (AvgIpc) is 3.14. The number of hydrogen-bond donors (Lipinski definition) is 3. The molecule has 0 saturated carbocycles. The minimum atomic E-state index is -3.75. The molecule has 2 amide bonds. The fourth-order valence-electron chi connectivity index (χ4n) is 3.33. The molecule has 3 rings (SSSR count). The van der Waals surface area contributed by atoms with Crippen molar-refractivity contribution in [3.05, 3.63) is 47.9 Å². The zero-order valence-electron chi connectivity index (χ0n) is 16.8. The van der Waals surface area contributed by atoms with Crippen molar-refractivity contribution < 1.29 is 22.4 Å². The molecule has 0 unspecified atom stereocenters. The molecule has 9 nitrogen and oxygen atoms in total. The Morgan fingerprint density at radius 2 is 1.80 bits per heavy atom. The number of anilines is 1. The first kappa shape index (κ1) is 22.0. The monoisotopic (exact) mass is 434 g/mol. The molecular formula is C20H26N4O5S. The highest BCUT2D eigenvalue weighted by Gasteiger charge is 2.22. The predicted octanol–water partition coefficient (Wildman–Crippen LogP) is 1.46. The van der Waals surface area contributed by atoms with Gasteiger partial charge in [-0.05, 0) is 56.2 Å². The summed E-state index contributed by atoms with van der Waals surface area (Å²) in [6, 6.07) is 9.24. The number of primary sulfonamides is 1. The Kier molecular flexibility index (Phi) is 6.91. The maximum Gasteiger partial charge on any atom is 0.287 e. The Balaban J connectivity index is 1.38. The molecule has 0 aliphatic carbocycles. The highest BCUT2D eigenvalue weighted by Crippen LogP contribution is 2.15. The lowest BCUT2D eigenvalue weighted by Crippen LogP contribution is -2.45. The second-order valence-corrected chi connectivity index (χ2v) is 8.93. The smallest absolute Gasteiger partial charge is 0.287 e. The van der Waals surface area contributed by atoms with Crippen molar-refractivity contribution >= 4 is 27.5 Å². The van der Waals surface area contributed by atoms with E-state index in [1.807, 2.05) is 0 Å². The van der Waals surface area contributed by atoms with Crippen LogP contribution in [0.2, 0.25) is 0 Å². The van der Waals surface area contributed by atoms with Crippen molar-refractivity contribution in [2.45, 2.75) is 37.1 Å². The van der Waals surface area contributed by atoms with Gasteiger partial charge in [-0.15, -0.1) is 0 Å². The summed E-state index contributed by atoms with van der Waals surface area (Å²) in [5.74, 6) is 0.675. The van der Waals surface area contributed by atoms with Gasteiger partial charge in [0.15, 0.2) is 5.76 Å². The normalized spacial score (nSPS) is 15.7. The maximum atomic E-state index is 12.2. The van der Waals surface area contributed by atoms with Crippen LogP contribution in [0.25, 0.3) is 0 Å². The fourth-order valence-corrected chi connectivity index (χ4v) is 3.84. The first-order valence-electron chi connectivity index (χ1n) is 9.73. The van der Waals surface area contributed by atoms with Gasteiger partial charge >= 0.3 is 0 Å². The number of rotatable bonds is 7. The molecule has 2 heterocycles. The molecule has 1 aromatic carbocycles. The largest absolute Gasteiger partial charge is 0.456 e. The Labute approximate surface area is 175 Å². The summed E-state index contributed by atoms with van der Waals surface area (Å²) in [6.45, 7) is 3.99. The number of nitrogens with one attached hydrogen (secondary N) is 2. The van der Waals surface area contributed by atoms with E-state index in [-0.39, 0.29) is 22.8 Å². The summed E-state index contributed by atoms with van der Waals surface area (Å²) in [5, 5.41) is 10.8. The van der Waals surface area contributed by atoms with Crippen molar-refractivity contribution in [2.24, 2.45) is 5.14 Å². The topological polar surface area (TPSA) is 135 Å². The standard InChI is InChI=1S/C20H26N4O5S/c1-14-2-7-18(29-14)20(26)23-16-8-11-24(12-9-16)13-10-19(25)22-15-3-5-17(6-4-15)30(21,27)28/h2-7,16H,8-13H2,1H3,(H,22,25)(H,23,26)(H2,21,27,28). The van der Waals surface area contributed by atoms with Gasteiger partial charge in [-0.1, -0.05) is 0 Å². The van der Waals surface area contributed by atoms with E-state index in [9.17, 15) is 18.0 Å². The molecular weight excluding hydrogens is 408 g/mol. The highest BCUT2D eigenvalue weighted by molar-refractivity contribution is 7.89. The van der Waals surface area contributed by atoms with Gasteiger partial charge in [-0.2, -0.15) is 0 Å². The first-order chi connectivity index (χ1) is 14.2. The average molecular weight is 435 g/mol. The minimum Gasteiger partial charge on any atom is -0.456 e. The number of sulfonamides is 1. The van der Waals surface area contributed by atoms with Crippen LogP contribution < -0.4 is 15.8 Å². The molecule has 10 heteroatoms. The van der Waals surface area contributed by atoms with Crippen LogP contribution in [-0.2, 0) is 14.8 Å². The zero-order chi connectivity index (χ0) is 21.7. The molecule has 1 saturated heterocycles. The molecule has 0 bridgehead atoms. The van der Waals surface area contributed by atoms with E-state index in [1.54, 1.807) is 19.1 Å². The number of nitrogens with zero attached hydrogens (tertiary/aromatic N) is 1. The number of likely N-dealkylation sites (tertiary alicyclic amines) is 1. The lowest BCUT2D eigenvalue weighted by Gasteiger charge is -2.32. The molecule has 162 valence electrons. The maximum absolute atomic E-state index is 12.2. The molecule has 1 aliphatic rings. The summed E-state index contributed by atoms with van der Waals surface area (Å²) >= 11 is 0. The van der Waals surface area contributed by atoms with Gasteiger partial charge in [-0.3, -0.25) is 9.59 Å². The molecule has 2 aromatic rings. The van der Waals surface area contributed by atoms with Crippen LogP contribution in [0.15, 0.2) is 45.7 Å². The lowest BCUT2D eigenvalue weighted by atomic mass is 10.0. The van der Waals surface area contributed by atoms with E-state index in [0.29, 0.717) is 30.2 Å². The quantitative estimate of drug-likeness (QED) is 0.604. The minimum absolute atomic E-state index is 0.00218. The van der Waals surface area contributed by atoms with Gasteiger partial charge in [0.25, 0.3) is 5.91 Å². The third-order valence-corrected chi connectivity index (χ3v) is 5.94. The summed E-state index contributed by atoms with van der Waals surface area (Å²) < 4.78 is 27.9. The number of hydrogen-bond acceptors (Lipinski definition) is 6. The van der Waals surface area contributed by atoms with E-state index in [1.165, 1.54) is 24.3 Å². The number of benzene rings is 1. The van der Waals surface area contributed by atoms with Gasteiger partial charge in [0, 0.05) is 37.8 Å². The van der Waals surface area contributed by atoms with Crippen LogP contribution >= 0.6 is 0 Å². The van der Waals surface area contributed by atoms with Crippen molar-refractivity contribution in [1.82, 2.24) is 10.2 Å². The van der Waals surface area contributed by atoms with Crippen LogP contribution in [0.1, 0.15) is 35.6 Å². The van der Waals surface area contributed by atoms with Crippen LogP contribution in [0.4, 0.5) is 5.69 Å². The first-order valence-corrected chi connectivity index (χ1v) is 11.3. The molecule has 1 fully saturated rings. The van der Waals surface area contributed by atoms with E-state index in [4.69, 9.17) is 9.56 Å². The molecule has 1 aromatic heterocycles. The number of carbonyl (C=O) groups excluding carboxylic acids is 2. The van der Waals surface area contributed by atoms with Gasteiger partial charge in [-0.25, -0.2) is 13.6 Å². The highest BCUT2D eigenvalue weighted by atomic mass is 32.2. The Morgan fingerprint density at radius 1 is 1.13 bits per heavy atom. The summed E-state index contributed by atoms with van der Waals surface area (Å²) in [6.07, 6.45) is 1.93. The van der Waals surface area contributed by atoms with Gasteiger partial charge < -0.3 is 20.0 Å². The van der Waals surface area contributed by atoms with Crippen LogP contribution in [0, 0.1) is 6.92 Å². The van der Waals surface area contributed by atoms with Crippen LogP contribution in [-0.4, -0.2) is 50.8 Å².